The highest BCUT2D eigenvalue weighted by atomic mass is 16.5. The summed E-state index contributed by atoms with van der Waals surface area (Å²) in [5, 5.41) is 2.92. The van der Waals surface area contributed by atoms with Crippen LogP contribution in [0.5, 0.6) is 5.75 Å². The van der Waals surface area contributed by atoms with Gasteiger partial charge in [0.2, 0.25) is 0 Å². The smallest absolute Gasteiger partial charge is 0.270 e. The number of hydrogen-bond donors (Lipinski definition) is 1. The molecule has 0 saturated carbocycles. The standard InChI is InChI=1S/C14H12N2O2/c17-14(11-6-3-4-8-15-11)16-12-9-18-13-7-2-1-5-10(12)13/h1-8,12H,9H2,(H,16,17). The molecule has 1 amide bonds. The second-order valence-electron chi connectivity index (χ2n) is 4.09. The Balaban J connectivity index is 1.77. The molecule has 3 rings (SSSR count). The van der Waals surface area contributed by atoms with Gasteiger partial charge in [-0.05, 0) is 18.2 Å². The van der Waals surface area contributed by atoms with Crippen molar-refractivity contribution in [3.63, 3.8) is 0 Å². The normalized spacial score (nSPS) is 16.8. The fraction of sp³-hybridized carbons (Fsp3) is 0.143. The summed E-state index contributed by atoms with van der Waals surface area (Å²) in [6, 6.07) is 12.9. The third-order valence-corrected chi connectivity index (χ3v) is 2.90. The van der Waals surface area contributed by atoms with Crippen molar-refractivity contribution in [3.05, 3.63) is 59.9 Å². The number of carbonyl (C=O) groups is 1. The molecule has 0 aliphatic carbocycles. The summed E-state index contributed by atoms with van der Waals surface area (Å²) in [5.74, 6) is 0.657. The maximum atomic E-state index is 12.0. The average Bonchev–Trinajstić information content (AvgIpc) is 2.83. The lowest BCUT2D eigenvalue weighted by Crippen LogP contribution is -2.29. The second kappa shape index (κ2) is 4.49. The van der Waals surface area contributed by atoms with Crippen LogP contribution in [0.1, 0.15) is 22.1 Å². The van der Waals surface area contributed by atoms with Crippen LogP contribution in [0.2, 0.25) is 0 Å². The maximum absolute atomic E-state index is 12.0. The Kier molecular flexibility index (Phi) is 2.68. The molecule has 4 nitrogen and oxygen atoms in total. The first-order valence-electron chi connectivity index (χ1n) is 5.78. The first-order valence-corrected chi connectivity index (χ1v) is 5.78. The van der Waals surface area contributed by atoms with E-state index in [1.54, 1.807) is 24.4 Å². The molecule has 1 aliphatic heterocycles. The van der Waals surface area contributed by atoms with Gasteiger partial charge >= 0.3 is 0 Å². The molecule has 2 heterocycles. The Morgan fingerprint density at radius 1 is 1.22 bits per heavy atom. The molecule has 1 unspecified atom stereocenters. The lowest BCUT2D eigenvalue weighted by molar-refractivity contribution is 0.0925. The zero-order valence-electron chi connectivity index (χ0n) is 9.67. The van der Waals surface area contributed by atoms with Crippen molar-refractivity contribution < 1.29 is 9.53 Å². The van der Waals surface area contributed by atoms with Gasteiger partial charge in [-0.1, -0.05) is 24.3 Å². The summed E-state index contributed by atoms with van der Waals surface area (Å²) in [5.41, 5.74) is 1.43. The van der Waals surface area contributed by atoms with E-state index >= 15 is 0 Å². The number of pyridine rings is 1. The third-order valence-electron chi connectivity index (χ3n) is 2.90. The molecule has 90 valence electrons. The van der Waals surface area contributed by atoms with Crippen molar-refractivity contribution in [3.8, 4) is 5.75 Å². The van der Waals surface area contributed by atoms with Crippen LogP contribution in [0.3, 0.4) is 0 Å². The highest BCUT2D eigenvalue weighted by molar-refractivity contribution is 5.92. The highest BCUT2D eigenvalue weighted by Crippen LogP contribution is 2.31. The predicted molar refractivity (Wildman–Crippen MR) is 66.4 cm³/mol. The maximum Gasteiger partial charge on any atom is 0.270 e. The van der Waals surface area contributed by atoms with Gasteiger partial charge in [0.15, 0.2) is 0 Å². The van der Waals surface area contributed by atoms with E-state index in [-0.39, 0.29) is 11.9 Å². The largest absolute Gasteiger partial charge is 0.491 e. The molecular formula is C14H12N2O2. The number of hydrogen-bond acceptors (Lipinski definition) is 3. The second-order valence-corrected chi connectivity index (χ2v) is 4.09. The quantitative estimate of drug-likeness (QED) is 0.872. The van der Waals surface area contributed by atoms with E-state index in [4.69, 9.17) is 4.74 Å². The van der Waals surface area contributed by atoms with Crippen LogP contribution in [0, 0.1) is 0 Å². The molecule has 0 saturated heterocycles. The van der Waals surface area contributed by atoms with E-state index < -0.39 is 0 Å². The minimum Gasteiger partial charge on any atom is -0.491 e. The van der Waals surface area contributed by atoms with Crippen LogP contribution in [0.15, 0.2) is 48.7 Å². The Bertz CT molecular complexity index is 569. The van der Waals surface area contributed by atoms with Crippen LogP contribution >= 0.6 is 0 Å². The number of para-hydroxylation sites is 1. The van der Waals surface area contributed by atoms with Crippen LogP contribution in [-0.2, 0) is 0 Å². The van der Waals surface area contributed by atoms with E-state index in [0.717, 1.165) is 11.3 Å². The van der Waals surface area contributed by atoms with Gasteiger partial charge in [-0.2, -0.15) is 0 Å². The topological polar surface area (TPSA) is 51.2 Å². The van der Waals surface area contributed by atoms with Crippen LogP contribution < -0.4 is 10.1 Å². The number of nitrogens with one attached hydrogen (secondary N) is 1. The van der Waals surface area contributed by atoms with E-state index in [0.29, 0.717) is 12.3 Å². The van der Waals surface area contributed by atoms with E-state index in [1.165, 1.54) is 0 Å². The third kappa shape index (κ3) is 1.93. The molecule has 2 aromatic rings. The van der Waals surface area contributed by atoms with Gasteiger partial charge in [-0.3, -0.25) is 9.78 Å². The fourth-order valence-corrected chi connectivity index (χ4v) is 2.01. The number of fused-ring (bicyclic) bond motifs is 1. The van der Waals surface area contributed by atoms with Crippen LogP contribution in [0.25, 0.3) is 0 Å². The molecule has 1 aromatic carbocycles. The van der Waals surface area contributed by atoms with E-state index in [2.05, 4.69) is 10.3 Å². The summed E-state index contributed by atoms with van der Waals surface area (Å²) in [4.78, 5) is 16.0. The Morgan fingerprint density at radius 3 is 2.89 bits per heavy atom. The van der Waals surface area contributed by atoms with Crippen molar-refractivity contribution in [1.29, 1.82) is 0 Å². The molecule has 0 radical (unpaired) electrons. The molecule has 18 heavy (non-hydrogen) atoms. The molecule has 0 fully saturated rings. The van der Waals surface area contributed by atoms with Crippen molar-refractivity contribution in [1.82, 2.24) is 10.3 Å². The number of ether oxygens (including phenoxy) is 1. The lowest BCUT2D eigenvalue weighted by atomic mass is 10.1. The Hall–Kier alpha value is -2.36. The van der Waals surface area contributed by atoms with Gasteiger partial charge in [0.25, 0.3) is 5.91 Å². The first kappa shape index (κ1) is 10.8. The average molecular weight is 240 g/mol. The van der Waals surface area contributed by atoms with Gasteiger partial charge in [0.1, 0.15) is 18.1 Å². The SMILES string of the molecule is O=C(NC1COc2ccccc21)c1ccccn1. The summed E-state index contributed by atoms with van der Waals surface area (Å²) in [7, 11) is 0. The molecule has 1 N–H and O–H groups in total. The first-order chi connectivity index (χ1) is 8.84. The summed E-state index contributed by atoms with van der Waals surface area (Å²) in [6.07, 6.45) is 1.61. The summed E-state index contributed by atoms with van der Waals surface area (Å²) in [6.45, 7) is 0.470. The summed E-state index contributed by atoms with van der Waals surface area (Å²) >= 11 is 0. The number of carbonyl (C=O) groups excluding carboxylic acids is 1. The summed E-state index contributed by atoms with van der Waals surface area (Å²) < 4.78 is 5.51. The lowest BCUT2D eigenvalue weighted by Gasteiger charge is -2.10. The fourth-order valence-electron chi connectivity index (χ4n) is 2.01. The van der Waals surface area contributed by atoms with Crippen molar-refractivity contribution in [2.45, 2.75) is 6.04 Å². The number of rotatable bonds is 2. The number of benzene rings is 1. The molecule has 1 aromatic heterocycles. The van der Waals surface area contributed by atoms with E-state index in [9.17, 15) is 4.79 Å². The minimum atomic E-state index is -0.180. The van der Waals surface area contributed by atoms with Crippen molar-refractivity contribution in [2.24, 2.45) is 0 Å². The molecule has 1 aliphatic rings. The molecule has 0 bridgehead atoms. The van der Waals surface area contributed by atoms with Gasteiger partial charge in [-0.25, -0.2) is 0 Å². The molecular weight excluding hydrogens is 228 g/mol. The van der Waals surface area contributed by atoms with Gasteiger partial charge < -0.3 is 10.1 Å². The highest BCUT2D eigenvalue weighted by Gasteiger charge is 2.25. The Labute approximate surface area is 105 Å². The number of amides is 1. The molecule has 1 atom stereocenters. The van der Waals surface area contributed by atoms with Crippen molar-refractivity contribution in [2.75, 3.05) is 6.61 Å². The number of aromatic nitrogens is 1. The minimum absolute atomic E-state index is 0.101. The number of nitrogens with zero attached hydrogens (tertiary/aromatic N) is 1. The van der Waals surface area contributed by atoms with Crippen LogP contribution in [-0.4, -0.2) is 17.5 Å². The van der Waals surface area contributed by atoms with Gasteiger partial charge in [0, 0.05) is 11.8 Å². The monoisotopic (exact) mass is 240 g/mol. The van der Waals surface area contributed by atoms with Gasteiger partial charge in [-0.15, -0.1) is 0 Å². The zero-order valence-corrected chi connectivity index (χ0v) is 9.67. The van der Waals surface area contributed by atoms with Crippen LogP contribution in [0.4, 0.5) is 0 Å². The Morgan fingerprint density at radius 2 is 2.06 bits per heavy atom. The zero-order chi connectivity index (χ0) is 12.4. The molecule has 4 heteroatoms. The van der Waals surface area contributed by atoms with Gasteiger partial charge in [0.05, 0.1) is 6.04 Å². The van der Waals surface area contributed by atoms with E-state index in [1.807, 2.05) is 24.3 Å². The van der Waals surface area contributed by atoms with Crippen molar-refractivity contribution >= 4 is 5.91 Å². The molecule has 0 spiro atoms. The predicted octanol–water partition coefficient (Wildman–Crippen LogP) is 1.95.